The highest BCUT2D eigenvalue weighted by molar-refractivity contribution is 5.40. The zero-order valence-electron chi connectivity index (χ0n) is 8.62. The molecule has 0 amide bonds. The van der Waals surface area contributed by atoms with E-state index in [0.717, 1.165) is 19.6 Å². The highest BCUT2D eigenvalue weighted by atomic mass is 15.3. The molecule has 0 fully saturated rings. The van der Waals surface area contributed by atoms with E-state index in [1.807, 2.05) is 17.9 Å². The minimum Gasteiger partial charge on any atom is -0.371 e. The van der Waals surface area contributed by atoms with Gasteiger partial charge in [-0.05, 0) is 14.0 Å². The molecule has 4 heteroatoms. The monoisotopic (exact) mass is 182 g/mol. The van der Waals surface area contributed by atoms with Crippen LogP contribution in [-0.2, 0) is 6.54 Å². The van der Waals surface area contributed by atoms with Crippen LogP contribution in [0.3, 0.4) is 0 Å². The van der Waals surface area contributed by atoms with Gasteiger partial charge in [0, 0.05) is 32.9 Å². The maximum Gasteiger partial charge on any atom is 0.0750 e. The molecule has 0 aliphatic carbocycles. The second kappa shape index (κ2) is 4.87. The molecule has 1 heterocycles. The summed E-state index contributed by atoms with van der Waals surface area (Å²) >= 11 is 0. The standard InChI is InChI=1S/C9H18N4/c1-4-13-8-9(7-11-13)12(3)6-5-10-2/h7-8,10H,4-6H2,1-3H3. The number of rotatable bonds is 5. The topological polar surface area (TPSA) is 33.1 Å². The van der Waals surface area contributed by atoms with Crippen molar-refractivity contribution in [3.63, 3.8) is 0 Å². The third-order valence-corrected chi connectivity index (χ3v) is 2.08. The van der Waals surface area contributed by atoms with Crippen molar-refractivity contribution in [2.45, 2.75) is 13.5 Å². The van der Waals surface area contributed by atoms with Gasteiger partial charge in [-0.3, -0.25) is 4.68 Å². The van der Waals surface area contributed by atoms with E-state index in [-0.39, 0.29) is 0 Å². The van der Waals surface area contributed by atoms with Crippen LogP contribution in [0.1, 0.15) is 6.92 Å². The Balaban J connectivity index is 2.50. The quantitative estimate of drug-likeness (QED) is 0.722. The largest absolute Gasteiger partial charge is 0.371 e. The van der Waals surface area contributed by atoms with E-state index in [4.69, 9.17) is 0 Å². The fourth-order valence-electron chi connectivity index (χ4n) is 1.13. The minimum absolute atomic E-state index is 0.930. The maximum absolute atomic E-state index is 4.22. The molecule has 1 aromatic heterocycles. The van der Waals surface area contributed by atoms with Crippen LogP contribution in [0.5, 0.6) is 0 Å². The second-order valence-electron chi connectivity index (χ2n) is 3.08. The summed E-state index contributed by atoms with van der Waals surface area (Å²) < 4.78 is 1.94. The minimum atomic E-state index is 0.930. The van der Waals surface area contributed by atoms with Crippen LogP contribution in [-0.4, -0.2) is 37.0 Å². The summed E-state index contributed by atoms with van der Waals surface area (Å²) in [4.78, 5) is 2.19. The number of nitrogens with one attached hydrogen (secondary N) is 1. The third kappa shape index (κ3) is 2.73. The van der Waals surface area contributed by atoms with Crippen molar-refractivity contribution in [1.29, 1.82) is 0 Å². The van der Waals surface area contributed by atoms with Crippen LogP contribution in [0.2, 0.25) is 0 Å². The van der Waals surface area contributed by atoms with Gasteiger partial charge in [-0.2, -0.15) is 5.10 Å². The lowest BCUT2D eigenvalue weighted by molar-refractivity contribution is 0.659. The van der Waals surface area contributed by atoms with E-state index in [1.54, 1.807) is 0 Å². The molecule has 74 valence electrons. The summed E-state index contributed by atoms with van der Waals surface area (Å²) in [5, 5.41) is 7.34. The molecule has 0 radical (unpaired) electrons. The fourth-order valence-corrected chi connectivity index (χ4v) is 1.13. The van der Waals surface area contributed by atoms with Gasteiger partial charge in [-0.1, -0.05) is 0 Å². The lowest BCUT2D eigenvalue weighted by Gasteiger charge is -2.15. The van der Waals surface area contributed by atoms with Gasteiger partial charge in [0.05, 0.1) is 11.9 Å². The molecule has 0 aliphatic rings. The number of likely N-dealkylation sites (N-methyl/N-ethyl adjacent to an activating group) is 2. The van der Waals surface area contributed by atoms with Gasteiger partial charge < -0.3 is 10.2 Å². The zero-order valence-corrected chi connectivity index (χ0v) is 8.62. The van der Waals surface area contributed by atoms with Crippen LogP contribution in [0.15, 0.2) is 12.4 Å². The van der Waals surface area contributed by atoms with Gasteiger partial charge in [0.15, 0.2) is 0 Å². The van der Waals surface area contributed by atoms with Crippen molar-refractivity contribution in [1.82, 2.24) is 15.1 Å². The van der Waals surface area contributed by atoms with Crippen molar-refractivity contribution < 1.29 is 0 Å². The number of aromatic nitrogens is 2. The Morgan fingerprint density at radius 3 is 2.92 bits per heavy atom. The summed E-state index contributed by atoms with van der Waals surface area (Å²) in [5.74, 6) is 0. The summed E-state index contributed by atoms with van der Waals surface area (Å²) in [6.07, 6.45) is 3.97. The first-order chi connectivity index (χ1) is 6.27. The molecule has 0 spiro atoms. The Hall–Kier alpha value is -1.03. The Labute approximate surface area is 79.5 Å². The van der Waals surface area contributed by atoms with E-state index in [9.17, 15) is 0 Å². The number of aryl methyl sites for hydroxylation is 1. The SMILES string of the molecule is CCn1cc(N(C)CCNC)cn1. The average Bonchev–Trinajstić information content (AvgIpc) is 2.62. The van der Waals surface area contributed by atoms with E-state index < -0.39 is 0 Å². The summed E-state index contributed by atoms with van der Waals surface area (Å²) in [5.41, 5.74) is 1.18. The van der Waals surface area contributed by atoms with Crippen LogP contribution in [0.25, 0.3) is 0 Å². The molecule has 0 bridgehead atoms. The fraction of sp³-hybridized carbons (Fsp3) is 0.667. The van der Waals surface area contributed by atoms with Crippen LogP contribution in [0.4, 0.5) is 5.69 Å². The van der Waals surface area contributed by atoms with Crippen LogP contribution in [0, 0.1) is 0 Å². The molecule has 4 nitrogen and oxygen atoms in total. The highest BCUT2D eigenvalue weighted by Gasteiger charge is 2.01. The molecule has 0 aliphatic heterocycles. The number of nitrogens with zero attached hydrogens (tertiary/aromatic N) is 3. The average molecular weight is 182 g/mol. The molecule has 0 saturated heterocycles. The smallest absolute Gasteiger partial charge is 0.0750 e. The molecular formula is C9H18N4. The summed E-state index contributed by atoms with van der Waals surface area (Å²) in [6.45, 7) is 5.02. The van der Waals surface area contributed by atoms with Crippen molar-refractivity contribution >= 4 is 5.69 Å². The molecule has 0 unspecified atom stereocenters. The normalized spacial score (nSPS) is 10.4. The van der Waals surface area contributed by atoms with Gasteiger partial charge in [0.25, 0.3) is 0 Å². The van der Waals surface area contributed by atoms with Gasteiger partial charge in [0.2, 0.25) is 0 Å². The molecule has 1 N–H and O–H groups in total. The van der Waals surface area contributed by atoms with Crippen molar-refractivity contribution in [3.8, 4) is 0 Å². The van der Waals surface area contributed by atoms with Gasteiger partial charge in [-0.15, -0.1) is 0 Å². The second-order valence-corrected chi connectivity index (χ2v) is 3.08. The number of hydrogen-bond acceptors (Lipinski definition) is 3. The van der Waals surface area contributed by atoms with Crippen LogP contribution >= 0.6 is 0 Å². The van der Waals surface area contributed by atoms with Crippen molar-refractivity contribution in [3.05, 3.63) is 12.4 Å². The van der Waals surface area contributed by atoms with Gasteiger partial charge in [0.1, 0.15) is 0 Å². The lowest BCUT2D eigenvalue weighted by atomic mass is 10.4. The Kier molecular flexibility index (Phi) is 3.76. The highest BCUT2D eigenvalue weighted by Crippen LogP contribution is 2.09. The lowest BCUT2D eigenvalue weighted by Crippen LogP contribution is -2.26. The Morgan fingerprint density at radius 1 is 1.62 bits per heavy atom. The Bertz CT molecular complexity index is 244. The predicted molar refractivity (Wildman–Crippen MR) is 55.1 cm³/mol. The molecule has 0 atom stereocenters. The number of hydrogen-bond donors (Lipinski definition) is 1. The first-order valence-corrected chi connectivity index (χ1v) is 4.66. The van der Waals surface area contributed by atoms with E-state index in [0.29, 0.717) is 0 Å². The third-order valence-electron chi connectivity index (χ3n) is 2.08. The van der Waals surface area contributed by atoms with E-state index in [1.165, 1.54) is 5.69 Å². The van der Waals surface area contributed by atoms with E-state index >= 15 is 0 Å². The number of anilines is 1. The van der Waals surface area contributed by atoms with Crippen molar-refractivity contribution in [2.75, 3.05) is 32.1 Å². The molecule has 0 aromatic carbocycles. The van der Waals surface area contributed by atoms with Crippen molar-refractivity contribution in [2.24, 2.45) is 0 Å². The van der Waals surface area contributed by atoms with Gasteiger partial charge >= 0.3 is 0 Å². The molecule has 0 saturated carbocycles. The van der Waals surface area contributed by atoms with Crippen LogP contribution < -0.4 is 10.2 Å². The van der Waals surface area contributed by atoms with Gasteiger partial charge in [-0.25, -0.2) is 0 Å². The first-order valence-electron chi connectivity index (χ1n) is 4.66. The molecule has 13 heavy (non-hydrogen) atoms. The summed E-state index contributed by atoms with van der Waals surface area (Å²) in [7, 11) is 4.04. The predicted octanol–water partition coefficient (Wildman–Crippen LogP) is 0.559. The Morgan fingerprint density at radius 2 is 2.38 bits per heavy atom. The zero-order chi connectivity index (χ0) is 9.68. The summed E-state index contributed by atoms with van der Waals surface area (Å²) in [6, 6.07) is 0. The molecule has 1 rings (SSSR count). The maximum atomic E-state index is 4.22. The molecular weight excluding hydrogens is 164 g/mol. The molecule has 1 aromatic rings. The first kappa shape index (κ1) is 10.1. The van der Waals surface area contributed by atoms with E-state index in [2.05, 4.69) is 35.5 Å².